The van der Waals surface area contributed by atoms with E-state index in [1.54, 1.807) is 6.20 Å². The average molecular weight is 323 g/mol. The van der Waals surface area contributed by atoms with E-state index in [0.29, 0.717) is 17.9 Å². The lowest BCUT2D eigenvalue weighted by Gasteiger charge is -2.35. The maximum absolute atomic E-state index is 12.1. The summed E-state index contributed by atoms with van der Waals surface area (Å²) in [7, 11) is 0. The molecule has 1 aliphatic carbocycles. The maximum Gasteiger partial charge on any atom is 0.225 e. The molecule has 6 heteroatoms. The fraction of sp³-hybridized carbons (Fsp3) is 0.444. The number of hydrogen-bond donors (Lipinski definition) is 0. The first kappa shape index (κ1) is 15.1. The lowest BCUT2D eigenvalue weighted by Crippen LogP contribution is -2.47. The van der Waals surface area contributed by atoms with Gasteiger partial charge >= 0.3 is 0 Å². The molecule has 0 spiro atoms. The molecule has 124 valence electrons. The van der Waals surface area contributed by atoms with E-state index in [1.165, 1.54) is 0 Å². The van der Waals surface area contributed by atoms with E-state index < -0.39 is 0 Å². The van der Waals surface area contributed by atoms with E-state index >= 15 is 0 Å². The topological polar surface area (TPSA) is 62.2 Å². The van der Waals surface area contributed by atoms with Gasteiger partial charge in [0.2, 0.25) is 5.95 Å². The van der Waals surface area contributed by atoms with Gasteiger partial charge in [0.05, 0.1) is 11.3 Å². The predicted octanol–water partition coefficient (Wildman–Crippen LogP) is 1.96. The number of ketones is 1. The van der Waals surface area contributed by atoms with Crippen LogP contribution >= 0.6 is 0 Å². The summed E-state index contributed by atoms with van der Waals surface area (Å²) in [6.07, 6.45) is 5.02. The molecule has 0 N–H and O–H groups in total. The Labute approximate surface area is 141 Å². The number of carbonyl (C=O) groups is 1. The molecule has 3 heterocycles. The van der Waals surface area contributed by atoms with Gasteiger partial charge in [-0.2, -0.15) is 0 Å². The van der Waals surface area contributed by atoms with Gasteiger partial charge in [-0.1, -0.05) is 13.0 Å². The van der Waals surface area contributed by atoms with Crippen molar-refractivity contribution in [2.24, 2.45) is 5.92 Å². The standard InChI is InChI=1S/C18H21N5O/c1-13-10-15-14(16(24)11-13)12-20-18(21-15)23-8-6-22(7-9-23)17-4-2-3-5-19-17/h2-5,12-13H,6-11H2,1H3/t13-/m1/s1. The molecule has 2 aliphatic rings. The zero-order valence-corrected chi connectivity index (χ0v) is 13.9. The molecular formula is C18H21N5O. The van der Waals surface area contributed by atoms with E-state index in [1.807, 2.05) is 24.4 Å². The number of aromatic nitrogens is 3. The highest BCUT2D eigenvalue weighted by Crippen LogP contribution is 2.25. The van der Waals surface area contributed by atoms with Crippen molar-refractivity contribution in [3.8, 4) is 0 Å². The zero-order chi connectivity index (χ0) is 16.5. The zero-order valence-electron chi connectivity index (χ0n) is 13.9. The van der Waals surface area contributed by atoms with Gasteiger partial charge in [0, 0.05) is 45.0 Å². The second-order valence-corrected chi connectivity index (χ2v) is 6.63. The smallest absolute Gasteiger partial charge is 0.225 e. The number of pyridine rings is 1. The van der Waals surface area contributed by atoms with E-state index in [-0.39, 0.29) is 5.78 Å². The quantitative estimate of drug-likeness (QED) is 0.842. The molecule has 0 radical (unpaired) electrons. The fourth-order valence-corrected chi connectivity index (χ4v) is 3.45. The van der Waals surface area contributed by atoms with Crippen molar-refractivity contribution >= 4 is 17.5 Å². The molecule has 1 atom stereocenters. The van der Waals surface area contributed by atoms with Gasteiger partial charge in [0.25, 0.3) is 0 Å². The van der Waals surface area contributed by atoms with Crippen LogP contribution in [0.5, 0.6) is 0 Å². The Morgan fingerprint density at radius 1 is 1.04 bits per heavy atom. The van der Waals surface area contributed by atoms with Crippen molar-refractivity contribution in [2.75, 3.05) is 36.0 Å². The summed E-state index contributed by atoms with van der Waals surface area (Å²) in [6.45, 7) is 5.62. The number of fused-ring (bicyclic) bond motifs is 1. The van der Waals surface area contributed by atoms with E-state index in [0.717, 1.165) is 50.1 Å². The van der Waals surface area contributed by atoms with Crippen molar-refractivity contribution in [3.05, 3.63) is 41.9 Å². The Hall–Kier alpha value is -2.50. The number of carbonyl (C=O) groups excluding carboxylic acids is 1. The Balaban J connectivity index is 1.48. The summed E-state index contributed by atoms with van der Waals surface area (Å²) in [5.41, 5.74) is 1.62. The Bertz CT molecular complexity index is 740. The molecule has 0 amide bonds. The van der Waals surface area contributed by atoms with Crippen LogP contribution in [0.3, 0.4) is 0 Å². The molecule has 2 aromatic heterocycles. The fourth-order valence-electron chi connectivity index (χ4n) is 3.45. The molecule has 2 aromatic rings. The molecule has 0 saturated carbocycles. The second-order valence-electron chi connectivity index (χ2n) is 6.63. The molecule has 0 bridgehead atoms. The van der Waals surface area contributed by atoms with Crippen LogP contribution in [-0.2, 0) is 6.42 Å². The van der Waals surface area contributed by atoms with Crippen LogP contribution in [0.25, 0.3) is 0 Å². The van der Waals surface area contributed by atoms with Gasteiger partial charge in [-0.15, -0.1) is 0 Å². The molecule has 0 unspecified atom stereocenters. The summed E-state index contributed by atoms with van der Waals surface area (Å²) >= 11 is 0. The van der Waals surface area contributed by atoms with E-state index in [9.17, 15) is 4.79 Å². The van der Waals surface area contributed by atoms with Gasteiger partial charge < -0.3 is 9.80 Å². The minimum Gasteiger partial charge on any atom is -0.353 e. The van der Waals surface area contributed by atoms with Gasteiger partial charge in [0.15, 0.2) is 5.78 Å². The molecule has 0 aromatic carbocycles. The molecule has 1 saturated heterocycles. The highest BCUT2D eigenvalue weighted by atomic mass is 16.1. The molecule has 1 aliphatic heterocycles. The van der Waals surface area contributed by atoms with Crippen LogP contribution in [0.1, 0.15) is 29.4 Å². The number of piperazine rings is 1. The largest absolute Gasteiger partial charge is 0.353 e. The summed E-state index contributed by atoms with van der Waals surface area (Å²) in [5, 5.41) is 0. The second kappa shape index (κ2) is 6.19. The SMILES string of the molecule is C[C@H]1CC(=O)c2cnc(N3CCN(c4ccccn4)CC3)nc2C1. The van der Waals surface area contributed by atoms with Crippen LogP contribution in [-0.4, -0.2) is 46.9 Å². The average Bonchev–Trinajstić information content (AvgIpc) is 2.62. The van der Waals surface area contributed by atoms with E-state index in [4.69, 9.17) is 4.98 Å². The minimum absolute atomic E-state index is 0.176. The number of Topliss-reactive ketones (excluding diaryl/α,β-unsaturated/α-hetero) is 1. The predicted molar refractivity (Wildman–Crippen MR) is 92.5 cm³/mol. The van der Waals surface area contributed by atoms with Crippen LogP contribution in [0.2, 0.25) is 0 Å². The highest BCUT2D eigenvalue weighted by Gasteiger charge is 2.26. The Kier molecular flexibility index (Phi) is 3.88. The first-order valence-electron chi connectivity index (χ1n) is 8.51. The van der Waals surface area contributed by atoms with Crippen molar-refractivity contribution in [3.63, 3.8) is 0 Å². The number of rotatable bonds is 2. The van der Waals surface area contributed by atoms with Gasteiger partial charge in [0.1, 0.15) is 5.82 Å². The van der Waals surface area contributed by atoms with Crippen LogP contribution in [0.15, 0.2) is 30.6 Å². The molecule has 24 heavy (non-hydrogen) atoms. The lowest BCUT2D eigenvalue weighted by molar-refractivity contribution is 0.0951. The monoisotopic (exact) mass is 323 g/mol. The first-order valence-corrected chi connectivity index (χ1v) is 8.51. The summed E-state index contributed by atoms with van der Waals surface area (Å²) in [4.78, 5) is 30.1. The van der Waals surface area contributed by atoms with Gasteiger partial charge in [-0.05, 0) is 24.5 Å². The maximum atomic E-state index is 12.1. The van der Waals surface area contributed by atoms with Crippen molar-refractivity contribution in [1.82, 2.24) is 15.0 Å². The normalized spacial score (nSPS) is 20.9. The van der Waals surface area contributed by atoms with E-state index in [2.05, 4.69) is 26.7 Å². The third-order valence-corrected chi connectivity index (χ3v) is 4.77. The van der Waals surface area contributed by atoms with Crippen molar-refractivity contribution in [1.29, 1.82) is 0 Å². The lowest BCUT2D eigenvalue weighted by atomic mass is 9.88. The molecule has 1 fully saturated rings. The number of hydrogen-bond acceptors (Lipinski definition) is 6. The third kappa shape index (κ3) is 2.84. The van der Waals surface area contributed by atoms with Crippen LogP contribution in [0.4, 0.5) is 11.8 Å². The van der Waals surface area contributed by atoms with Crippen LogP contribution < -0.4 is 9.80 Å². The summed E-state index contributed by atoms with van der Waals surface area (Å²) < 4.78 is 0. The van der Waals surface area contributed by atoms with Crippen molar-refractivity contribution in [2.45, 2.75) is 19.8 Å². The highest BCUT2D eigenvalue weighted by molar-refractivity contribution is 5.98. The van der Waals surface area contributed by atoms with Crippen LogP contribution in [0, 0.1) is 5.92 Å². The molecular weight excluding hydrogens is 302 g/mol. The Morgan fingerprint density at radius 2 is 1.83 bits per heavy atom. The third-order valence-electron chi connectivity index (χ3n) is 4.77. The first-order chi connectivity index (χ1) is 11.7. The summed E-state index contributed by atoms with van der Waals surface area (Å²) in [5.74, 6) is 2.31. The van der Waals surface area contributed by atoms with Crippen molar-refractivity contribution < 1.29 is 4.79 Å². The number of anilines is 2. The minimum atomic E-state index is 0.176. The molecule has 6 nitrogen and oxygen atoms in total. The Morgan fingerprint density at radius 3 is 2.58 bits per heavy atom. The number of nitrogens with zero attached hydrogens (tertiary/aromatic N) is 5. The molecule has 4 rings (SSSR count). The summed E-state index contributed by atoms with van der Waals surface area (Å²) in [6, 6.07) is 5.99. The van der Waals surface area contributed by atoms with Gasteiger partial charge in [-0.25, -0.2) is 15.0 Å². The van der Waals surface area contributed by atoms with Gasteiger partial charge in [-0.3, -0.25) is 4.79 Å².